The molecule has 4 aromatic rings. The molecule has 0 aromatic carbocycles. The molecule has 1 fully saturated rings. The lowest BCUT2D eigenvalue weighted by Crippen LogP contribution is -2.28. The molecule has 0 spiro atoms. The van der Waals surface area contributed by atoms with Gasteiger partial charge in [0.05, 0.1) is 6.04 Å². The lowest BCUT2D eigenvalue weighted by atomic mass is 9.72. The Morgan fingerprint density at radius 2 is 1.86 bits per heavy atom. The smallest absolute Gasteiger partial charge is 0.310 e. The van der Waals surface area contributed by atoms with Crippen LogP contribution in [0.1, 0.15) is 71.8 Å². The van der Waals surface area contributed by atoms with Crippen molar-refractivity contribution in [1.29, 1.82) is 5.26 Å². The standard InChI is InChI=1S/C23H19F3N8O/c1-11-8-29-19(30-9-11)14-4-5-15(14)20-31-21-18(22(35)32-20)16(7-27)33-34(21)12(2)13-3-6-17(28-10-13)23(24,25)26/h3,6,8-10,12,14-15H,4-5H2,1-2H3,(H,31,32,35)/t12-,14+,15+/m1/s1. The minimum absolute atomic E-state index is 0.0143. The van der Waals surface area contributed by atoms with E-state index in [0.29, 0.717) is 17.2 Å². The van der Waals surface area contributed by atoms with Crippen molar-refractivity contribution < 1.29 is 13.2 Å². The second kappa shape index (κ2) is 8.26. The van der Waals surface area contributed by atoms with Crippen LogP contribution in [0.5, 0.6) is 0 Å². The molecule has 3 atom stereocenters. The number of hydrogen-bond donors (Lipinski definition) is 1. The summed E-state index contributed by atoms with van der Waals surface area (Å²) in [6, 6.07) is 3.46. The number of aromatic nitrogens is 7. The van der Waals surface area contributed by atoms with E-state index >= 15 is 0 Å². The van der Waals surface area contributed by atoms with Crippen LogP contribution in [0.3, 0.4) is 0 Å². The average Bonchev–Trinajstić information content (AvgIpc) is 3.18. The number of pyridine rings is 1. The summed E-state index contributed by atoms with van der Waals surface area (Å²) in [5.41, 5.74) is -0.0757. The van der Waals surface area contributed by atoms with Gasteiger partial charge in [0.25, 0.3) is 5.56 Å². The number of nitrogens with one attached hydrogen (secondary N) is 1. The molecule has 178 valence electrons. The number of hydrogen-bond acceptors (Lipinski definition) is 7. The normalized spacial score (nSPS) is 18.7. The van der Waals surface area contributed by atoms with E-state index in [1.807, 2.05) is 13.0 Å². The lowest BCUT2D eigenvalue weighted by Gasteiger charge is -2.34. The highest BCUT2D eigenvalue weighted by atomic mass is 19.4. The van der Waals surface area contributed by atoms with Crippen LogP contribution in [-0.2, 0) is 6.18 Å². The van der Waals surface area contributed by atoms with E-state index in [2.05, 4.69) is 30.0 Å². The van der Waals surface area contributed by atoms with Crippen molar-refractivity contribution in [2.45, 2.75) is 50.7 Å². The van der Waals surface area contributed by atoms with Gasteiger partial charge in [-0.25, -0.2) is 19.6 Å². The van der Waals surface area contributed by atoms with Gasteiger partial charge in [-0.05, 0) is 43.9 Å². The number of aromatic amines is 1. The topological polar surface area (TPSA) is 126 Å². The first-order valence-electron chi connectivity index (χ1n) is 10.9. The molecule has 35 heavy (non-hydrogen) atoms. The molecule has 0 saturated heterocycles. The Morgan fingerprint density at radius 3 is 2.43 bits per heavy atom. The van der Waals surface area contributed by atoms with Crippen molar-refractivity contribution in [3.05, 3.63) is 75.2 Å². The zero-order chi connectivity index (χ0) is 24.9. The number of fused-ring (bicyclic) bond motifs is 1. The van der Waals surface area contributed by atoms with Gasteiger partial charge in [0.2, 0.25) is 0 Å². The zero-order valence-electron chi connectivity index (χ0n) is 18.7. The molecule has 0 amide bonds. The highest BCUT2D eigenvalue weighted by Crippen LogP contribution is 2.46. The molecular weight excluding hydrogens is 461 g/mol. The van der Waals surface area contributed by atoms with Gasteiger partial charge in [-0.3, -0.25) is 9.78 Å². The van der Waals surface area contributed by atoms with Crippen molar-refractivity contribution >= 4 is 11.0 Å². The molecule has 1 aliphatic carbocycles. The van der Waals surface area contributed by atoms with Crippen LogP contribution in [0.15, 0.2) is 35.5 Å². The minimum atomic E-state index is -4.56. The summed E-state index contributed by atoms with van der Waals surface area (Å²) in [4.78, 5) is 32.7. The number of rotatable bonds is 4. The summed E-state index contributed by atoms with van der Waals surface area (Å²) in [5, 5.41) is 13.8. The third-order valence-corrected chi connectivity index (χ3v) is 6.37. The molecule has 9 nitrogen and oxygen atoms in total. The quantitative estimate of drug-likeness (QED) is 0.471. The number of nitriles is 1. The largest absolute Gasteiger partial charge is 0.433 e. The van der Waals surface area contributed by atoms with Gasteiger partial charge >= 0.3 is 6.18 Å². The predicted octanol–water partition coefficient (Wildman–Crippen LogP) is 3.77. The Bertz CT molecular complexity index is 1500. The Balaban J connectivity index is 1.56. The fraction of sp³-hybridized carbons (Fsp3) is 0.348. The van der Waals surface area contributed by atoms with Crippen LogP contribution < -0.4 is 5.56 Å². The van der Waals surface area contributed by atoms with Crippen molar-refractivity contribution in [2.24, 2.45) is 0 Å². The summed E-state index contributed by atoms with van der Waals surface area (Å²) >= 11 is 0. The molecule has 4 heterocycles. The molecule has 0 aliphatic heterocycles. The number of nitrogens with zero attached hydrogens (tertiary/aromatic N) is 7. The van der Waals surface area contributed by atoms with E-state index in [1.165, 1.54) is 10.7 Å². The first-order valence-corrected chi connectivity index (χ1v) is 10.9. The number of H-pyrrole nitrogens is 1. The highest BCUT2D eigenvalue weighted by molar-refractivity contribution is 5.80. The maximum atomic E-state index is 13.0. The molecular formula is C23H19F3N8O. The minimum Gasteiger partial charge on any atom is -0.310 e. The number of alkyl halides is 3. The van der Waals surface area contributed by atoms with Crippen LogP contribution in [-0.4, -0.2) is 34.7 Å². The van der Waals surface area contributed by atoms with Gasteiger partial charge in [-0.15, -0.1) is 0 Å². The lowest BCUT2D eigenvalue weighted by molar-refractivity contribution is -0.141. The van der Waals surface area contributed by atoms with Crippen LogP contribution in [0.2, 0.25) is 0 Å². The van der Waals surface area contributed by atoms with Gasteiger partial charge in [0.15, 0.2) is 11.3 Å². The van der Waals surface area contributed by atoms with Gasteiger partial charge in [0, 0.05) is 30.4 Å². The summed E-state index contributed by atoms with van der Waals surface area (Å²) in [6.07, 6.45) is 1.65. The molecule has 0 unspecified atom stereocenters. The maximum absolute atomic E-state index is 13.0. The van der Waals surface area contributed by atoms with E-state index in [9.17, 15) is 23.2 Å². The van der Waals surface area contributed by atoms with Crippen LogP contribution in [0.4, 0.5) is 13.2 Å². The van der Waals surface area contributed by atoms with Gasteiger partial charge in [0.1, 0.15) is 28.8 Å². The van der Waals surface area contributed by atoms with Crippen molar-refractivity contribution in [2.75, 3.05) is 0 Å². The van der Waals surface area contributed by atoms with Crippen LogP contribution in [0.25, 0.3) is 11.0 Å². The highest BCUT2D eigenvalue weighted by Gasteiger charge is 2.38. The monoisotopic (exact) mass is 480 g/mol. The van der Waals surface area contributed by atoms with Gasteiger partial charge in [-0.2, -0.15) is 23.5 Å². The fourth-order valence-corrected chi connectivity index (χ4v) is 4.28. The predicted molar refractivity (Wildman–Crippen MR) is 117 cm³/mol. The van der Waals surface area contributed by atoms with E-state index in [-0.39, 0.29) is 28.6 Å². The van der Waals surface area contributed by atoms with Gasteiger partial charge < -0.3 is 4.98 Å². The molecule has 0 radical (unpaired) electrons. The zero-order valence-corrected chi connectivity index (χ0v) is 18.7. The first-order chi connectivity index (χ1) is 16.7. The number of aryl methyl sites for hydroxylation is 1. The molecule has 1 saturated carbocycles. The van der Waals surface area contributed by atoms with Crippen LogP contribution in [0, 0.1) is 18.3 Å². The Morgan fingerprint density at radius 1 is 1.14 bits per heavy atom. The molecule has 4 aromatic heterocycles. The third kappa shape index (κ3) is 3.92. The molecule has 5 rings (SSSR count). The van der Waals surface area contributed by atoms with E-state index in [4.69, 9.17) is 0 Å². The van der Waals surface area contributed by atoms with Crippen molar-refractivity contribution in [1.82, 2.24) is 34.7 Å². The van der Waals surface area contributed by atoms with Crippen molar-refractivity contribution in [3.8, 4) is 6.07 Å². The molecule has 0 bridgehead atoms. The Kier molecular flexibility index (Phi) is 5.35. The van der Waals surface area contributed by atoms with Gasteiger partial charge in [-0.1, -0.05) is 6.07 Å². The third-order valence-electron chi connectivity index (χ3n) is 6.37. The van der Waals surface area contributed by atoms with E-state index in [0.717, 1.165) is 30.7 Å². The second-order valence-electron chi connectivity index (χ2n) is 8.61. The summed E-state index contributed by atoms with van der Waals surface area (Å²) < 4.78 is 40.1. The Labute approximate surface area is 196 Å². The number of halogens is 3. The van der Waals surface area contributed by atoms with Crippen molar-refractivity contribution in [3.63, 3.8) is 0 Å². The van der Waals surface area contributed by atoms with Crippen LogP contribution >= 0.6 is 0 Å². The second-order valence-corrected chi connectivity index (χ2v) is 8.61. The SMILES string of the molecule is Cc1cnc([C@H]2CC[C@@H]2c2nc3c(c(C#N)nn3[C@H](C)c3ccc(C(F)(F)F)nc3)c(=O)[nH]2)nc1. The molecule has 12 heteroatoms. The summed E-state index contributed by atoms with van der Waals surface area (Å²) in [6.45, 7) is 3.59. The maximum Gasteiger partial charge on any atom is 0.433 e. The first kappa shape index (κ1) is 22.6. The molecule has 1 aliphatic rings. The summed E-state index contributed by atoms with van der Waals surface area (Å²) in [5.74, 6) is 0.975. The van der Waals surface area contributed by atoms with E-state index in [1.54, 1.807) is 19.3 Å². The fourth-order valence-electron chi connectivity index (χ4n) is 4.28. The Hall–Kier alpha value is -4.14. The summed E-state index contributed by atoms with van der Waals surface area (Å²) in [7, 11) is 0. The average molecular weight is 480 g/mol. The molecule has 1 N–H and O–H groups in total. The van der Waals surface area contributed by atoms with E-state index < -0.39 is 23.5 Å².